The molecule has 9 rings (SSSR count). The standard InChI is InChI=1S/C45H54ClN12O6P/c1-64-41-34(50-45-48-26-33(46)39(53-45)49-35-5-4-16-47-42(35)65(2,3)63)8-10-37(51-41)57-19-14-29(15-20-57)56-23-21-54(22-24-56)27-28-12-17-55(18-13-28)30-6-7-31-32(25-30)44(62)58(43(31)61)36-9-11-38(59)52-40(36)60/h4-8,10,16,25-26,28-29,36H,9,11-15,17-24,27H2,1-3H3,(H,52,59,60)(H2,48,49,50,53). The molecule has 3 N–H and O–H groups in total. The number of carbonyl (C=O) groups excluding carboxylic acids is 4. The molecule has 0 bridgehead atoms. The average Bonchev–Trinajstić information content (AvgIpc) is 3.55. The van der Waals surface area contributed by atoms with Crippen molar-refractivity contribution in [2.75, 3.05) is 99.8 Å². The minimum atomic E-state index is -2.67. The number of carbonyl (C=O) groups is 4. The number of hydrogen-bond donors (Lipinski definition) is 3. The number of nitrogens with zero attached hydrogens (tertiary/aromatic N) is 9. The van der Waals surface area contributed by atoms with Crippen LogP contribution in [0.3, 0.4) is 0 Å². The van der Waals surface area contributed by atoms with Crippen molar-refractivity contribution < 1.29 is 28.5 Å². The number of rotatable bonds is 12. The Morgan fingerprint density at radius 3 is 2.28 bits per heavy atom. The highest BCUT2D eigenvalue weighted by molar-refractivity contribution is 7.70. The van der Waals surface area contributed by atoms with E-state index in [0.717, 1.165) is 101 Å². The first-order valence-electron chi connectivity index (χ1n) is 22.3. The van der Waals surface area contributed by atoms with Crippen LogP contribution in [-0.4, -0.2) is 150 Å². The normalized spacial score (nSPS) is 20.6. The van der Waals surface area contributed by atoms with E-state index in [1.165, 1.54) is 6.20 Å². The summed E-state index contributed by atoms with van der Waals surface area (Å²) in [6.07, 6.45) is 7.54. The maximum absolute atomic E-state index is 13.4. The zero-order valence-corrected chi connectivity index (χ0v) is 38.5. The summed E-state index contributed by atoms with van der Waals surface area (Å²) in [5, 5.41) is 8.94. The molecule has 0 spiro atoms. The van der Waals surface area contributed by atoms with Crippen LogP contribution in [0.25, 0.3) is 0 Å². The SMILES string of the molecule is COc1nc(N2CCC(N3CCN(CC4CCN(c5ccc6c(c5)C(=O)N(C5CCC(=O)NC5=O)C6=O)CC4)CC3)CC2)ccc1Nc1ncc(Cl)c(Nc2cccnc2P(C)(C)=O)n1. The fraction of sp³-hybridized carbons (Fsp3) is 0.467. The van der Waals surface area contributed by atoms with E-state index in [9.17, 15) is 23.7 Å². The van der Waals surface area contributed by atoms with Gasteiger partial charge in [0.15, 0.2) is 5.82 Å². The highest BCUT2D eigenvalue weighted by Gasteiger charge is 2.45. The third-order valence-corrected chi connectivity index (χ3v) is 14.9. The van der Waals surface area contributed by atoms with Gasteiger partial charge in [-0.25, -0.2) is 4.98 Å². The van der Waals surface area contributed by atoms with E-state index >= 15 is 0 Å². The number of pyridine rings is 2. The maximum atomic E-state index is 13.4. The largest absolute Gasteiger partial charge is 0.479 e. The number of benzene rings is 1. The van der Waals surface area contributed by atoms with Crippen molar-refractivity contribution in [1.82, 2.24) is 40.0 Å². The molecule has 4 amide bonds. The Morgan fingerprint density at radius 1 is 0.815 bits per heavy atom. The van der Waals surface area contributed by atoms with Crippen molar-refractivity contribution in [1.29, 1.82) is 0 Å². The van der Waals surface area contributed by atoms with Gasteiger partial charge in [0.1, 0.15) is 35.1 Å². The number of fused-ring (bicyclic) bond motifs is 1. The van der Waals surface area contributed by atoms with Gasteiger partial charge in [0.2, 0.25) is 23.6 Å². The van der Waals surface area contributed by atoms with Crippen molar-refractivity contribution in [2.24, 2.45) is 5.92 Å². The van der Waals surface area contributed by atoms with Crippen LogP contribution in [0.5, 0.6) is 5.88 Å². The quantitative estimate of drug-likeness (QED) is 0.132. The minimum absolute atomic E-state index is 0.0962. The lowest BCUT2D eigenvalue weighted by molar-refractivity contribution is -0.136. The summed E-state index contributed by atoms with van der Waals surface area (Å²) in [7, 11) is -1.08. The molecule has 4 aromatic rings. The molecule has 18 nitrogen and oxygen atoms in total. The van der Waals surface area contributed by atoms with E-state index in [-0.39, 0.29) is 24.7 Å². The van der Waals surface area contributed by atoms with Gasteiger partial charge in [-0.2, -0.15) is 9.97 Å². The summed E-state index contributed by atoms with van der Waals surface area (Å²) in [4.78, 5) is 79.7. The zero-order chi connectivity index (χ0) is 45.4. The molecule has 0 saturated carbocycles. The first-order valence-corrected chi connectivity index (χ1v) is 25.2. The number of ether oxygens (including phenoxy) is 1. The number of methoxy groups -OCH3 is 1. The Labute approximate surface area is 382 Å². The molecule has 4 fully saturated rings. The average molecular weight is 925 g/mol. The third kappa shape index (κ3) is 9.53. The first-order chi connectivity index (χ1) is 31.3. The molecule has 20 heteroatoms. The molecule has 342 valence electrons. The summed E-state index contributed by atoms with van der Waals surface area (Å²) < 4.78 is 18.6. The van der Waals surface area contributed by atoms with Crippen LogP contribution in [-0.2, 0) is 14.2 Å². The van der Waals surface area contributed by atoms with Crippen molar-refractivity contribution in [3.8, 4) is 5.88 Å². The lowest BCUT2D eigenvalue weighted by Crippen LogP contribution is -2.54. The van der Waals surface area contributed by atoms with Gasteiger partial charge in [-0.15, -0.1) is 0 Å². The van der Waals surface area contributed by atoms with Gasteiger partial charge in [0.05, 0.1) is 30.1 Å². The zero-order valence-electron chi connectivity index (χ0n) is 36.8. The molecular formula is C45H54ClN12O6P. The van der Waals surface area contributed by atoms with E-state index < -0.39 is 30.9 Å². The lowest BCUT2D eigenvalue weighted by Gasteiger charge is -2.44. The number of aromatic nitrogens is 4. The van der Waals surface area contributed by atoms with E-state index in [1.807, 2.05) is 18.2 Å². The molecule has 0 aliphatic carbocycles. The number of amides is 4. The number of hydrogen-bond acceptors (Lipinski definition) is 16. The van der Waals surface area contributed by atoms with E-state index in [0.29, 0.717) is 56.6 Å². The molecule has 4 saturated heterocycles. The van der Waals surface area contributed by atoms with Gasteiger partial charge in [-0.05, 0) is 93.8 Å². The Hall–Kier alpha value is -5.68. The van der Waals surface area contributed by atoms with Gasteiger partial charge in [-0.1, -0.05) is 11.6 Å². The molecule has 1 atom stereocenters. The van der Waals surface area contributed by atoms with Gasteiger partial charge in [0, 0.05) is 83.2 Å². The van der Waals surface area contributed by atoms with Crippen molar-refractivity contribution in [3.05, 3.63) is 71.0 Å². The number of piperazine rings is 1. The van der Waals surface area contributed by atoms with Crippen LogP contribution < -0.4 is 35.9 Å². The van der Waals surface area contributed by atoms with Crippen LogP contribution >= 0.6 is 18.7 Å². The van der Waals surface area contributed by atoms with Crippen LogP contribution in [0.15, 0.2) is 54.9 Å². The second-order valence-electron chi connectivity index (χ2n) is 17.8. The Kier molecular flexibility index (Phi) is 12.8. The second kappa shape index (κ2) is 18.7. The fourth-order valence-electron chi connectivity index (χ4n) is 9.71. The monoisotopic (exact) mass is 924 g/mol. The lowest BCUT2D eigenvalue weighted by atomic mass is 9.95. The summed E-state index contributed by atoms with van der Waals surface area (Å²) in [5.41, 5.74) is 3.17. The van der Waals surface area contributed by atoms with Gasteiger partial charge >= 0.3 is 0 Å². The van der Waals surface area contributed by atoms with Crippen molar-refractivity contribution >= 4 is 82.5 Å². The maximum Gasteiger partial charge on any atom is 0.262 e. The summed E-state index contributed by atoms with van der Waals surface area (Å²) in [6.45, 7) is 12.2. The molecule has 3 aromatic heterocycles. The van der Waals surface area contributed by atoms with Crippen molar-refractivity contribution in [3.63, 3.8) is 0 Å². The number of anilines is 6. The molecule has 1 unspecified atom stereocenters. The topological polar surface area (TPSA) is 198 Å². The molecule has 1 aromatic carbocycles. The molecule has 8 heterocycles. The van der Waals surface area contributed by atoms with Gasteiger partial charge in [0.25, 0.3) is 11.8 Å². The highest BCUT2D eigenvalue weighted by atomic mass is 35.5. The van der Waals surface area contributed by atoms with Gasteiger partial charge < -0.3 is 34.6 Å². The number of halogens is 1. The van der Waals surface area contributed by atoms with Gasteiger partial charge in [-0.3, -0.25) is 39.3 Å². The predicted octanol–water partition coefficient (Wildman–Crippen LogP) is 4.57. The molecule has 65 heavy (non-hydrogen) atoms. The van der Waals surface area contributed by atoms with E-state index in [2.05, 4.69) is 50.5 Å². The Morgan fingerprint density at radius 2 is 1.55 bits per heavy atom. The third-order valence-electron chi connectivity index (χ3n) is 13.2. The highest BCUT2D eigenvalue weighted by Crippen LogP contribution is 2.38. The van der Waals surface area contributed by atoms with Crippen molar-refractivity contribution in [2.45, 2.75) is 50.6 Å². The smallest absolute Gasteiger partial charge is 0.262 e. The summed E-state index contributed by atoms with van der Waals surface area (Å²) >= 11 is 6.46. The molecular weight excluding hydrogens is 871 g/mol. The number of piperidine rings is 3. The first kappa shape index (κ1) is 44.5. The van der Waals surface area contributed by atoms with E-state index in [4.69, 9.17) is 21.3 Å². The Bertz CT molecular complexity index is 2540. The van der Waals surface area contributed by atoms with E-state index in [1.54, 1.807) is 50.9 Å². The molecule has 5 aliphatic heterocycles. The summed E-state index contributed by atoms with van der Waals surface area (Å²) in [5.74, 6) is 0.549. The molecule has 5 aliphatic rings. The second-order valence-corrected chi connectivity index (χ2v) is 21.3. The number of imide groups is 2. The van der Waals surface area contributed by atoms with Crippen LogP contribution in [0, 0.1) is 5.92 Å². The fourth-order valence-corrected chi connectivity index (χ4v) is 10.9. The summed E-state index contributed by atoms with van der Waals surface area (Å²) in [6, 6.07) is 12.4. The minimum Gasteiger partial charge on any atom is -0.479 e. The molecule has 0 radical (unpaired) electrons. The van der Waals surface area contributed by atoms with Crippen LogP contribution in [0.4, 0.5) is 34.6 Å². The number of nitrogens with one attached hydrogen (secondary N) is 3. The predicted molar refractivity (Wildman–Crippen MR) is 249 cm³/mol. The van der Waals surface area contributed by atoms with Crippen LogP contribution in [0.1, 0.15) is 59.2 Å². The Balaban J connectivity index is 0.724. The van der Waals surface area contributed by atoms with Crippen LogP contribution in [0.2, 0.25) is 5.02 Å².